The SMILES string of the molecule is CCN(C)c1cc(C)nc(C)c1C(=N)N. The summed E-state index contributed by atoms with van der Waals surface area (Å²) in [5, 5.41) is 7.57. The molecule has 4 nitrogen and oxygen atoms in total. The number of aromatic nitrogens is 1. The van der Waals surface area contributed by atoms with Gasteiger partial charge in [-0.1, -0.05) is 0 Å². The van der Waals surface area contributed by atoms with Gasteiger partial charge in [0.2, 0.25) is 0 Å². The van der Waals surface area contributed by atoms with Gasteiger partial charge in [-0.3, -0.25) is 10.4 Å². The fraction of sp³-hybridized carbons (Fsp3) is 0.455. The fourth-order valence-electron chi connectivity index (χ4n) is 1.61. The van der Waals surface area contributed by atoms with Gasteiger partial charge in [0.05, 0.1) is 16.9 Å². The molecule has 0 saturated heterocycles. The average molecular weight is 206 g/mol. The zero-order chi connectivity index (χ0) is 11.6. The van der Waals surface area contributed by atoms with Crippen LogP contribution < -0.4 is 10.6 Å². The molecule has 15 heavy (non-hydrogen) atoms. The van der Waals surface area contributed by atoms with E-state index in [1.54, 1.807) is 0 Å². The Morgan fingerprint density at radius 2 is 2.13 bits per heavy atom. The van der Waals surface area contributed by atoms with Crippen molar-refractivity contribution in [2.75, 3.05) is 18.5 Å². The Morgan fingerprint density at radius 1 is 1.53 bits per heavy atom. The zero-order valence-corrected chi connectivity index (χ0v) is 9.76. The van der Waals surface area contributed by atoms with Gasteiger partial charge < -0.3 is 10.6 Å². The first-order chi connectivity index (χ1) is 6.97. The summed E-state index contributed by atoms with van der Waals surface area (Å²) in [6, 6.07) is 1.97. The van der Waals surface area contributed by atoms with E-state index in [-0.39, 0.29) is 5.84 Å². The van der Waals surface area contributed by atoms with Crippen molar-refractivity contribution < 1.29 is 0 Å². The number of nitrogens with one attached hydrogen (secondary N) is 1. The minimum atomic E-state index is 0.0790. The van der Waals surface area contributed by atoms with Gasteiger partial charge in [0.15, 0.2) is 0 Å². The molecule has 1 aromatic heterocycles. The minimum Gasteiger partial charge on any atom is -0.384 e. The van der Waals surface area contributed by atoms with Crippen LogP contribution >= 0.6 is 0 Å². The van der Waals surface area contributed by atoms with Crippen molar-refractivity contribution >= 4 is 11.5 Å². The molecule has 0 unspecified atom stereocenters. The second-order valence-electron chi connectivity index (χ2n) is 3.67. The molecule has 0 aromatic carbocycles. The molecule has 0 amide bonds. The maximum absolute atomic E-state index is 7.57. The fourth-order valence-corrected chi connectivity index (χ4v) is 1.61. The molecule has 0 aliphatic rings. The number of nitrogen functional groups attached to an aromatic ring is 1. The van der Waals surface area contributed by atoms with E-state index < -0.39 is 0 Å². The number of aryl methyl sites for hydroxylation is 2. The summed E-state index contributed by atoms with van der Waals surface area (Å²) < 4.78 is 0. The molecule has 4 heteroatoms. The molecule has 1 heterocycles. The highest BCUT2D eigenvalue weighted by atomic mass is 15.1. The first-order valence-electron chi connectivity index (χ1n) is 5.01. The van der Waals surface area contributed by atoms with Gasteiger partial charge in [0, 0.05) is 19.3 Å². The van der Waals surface area contributed by atoms with Crippen molar-refractivity contribution in [1.29, 1.82) is 5.41 Å². The van der Waals surface area contributed by atoms with Crippen molar-refractivity contribution in [3.63, 3.8) is 0 Å². The summed E-state index contributed by atoms with van der Waals surface area (Å²) >= 11 is 0. The Kier molecular flexibility index (Phi) is 3.29. The predicted molar refractivity (Wildman–Crippen MR) is 63.7 cm³/mol. The second-order valence-corrected chi connectivity index (χ2v) is 3.67. The van der Waals surface area contributed by atoms with Crippen LogP contribution in [0, 0.1) is 19.3 Å². The Bertz CT molecular complexity index is 384. The number of nitrogens with zero attached hydrogens (tertiary/aromatic N) is 2. The highest BCUT2D eigenvalue weighted by molar-refractivity contribution is 6.01. The molecule has 0 bridgehead atoms. The van der Waals surface area contributed by atoms with E-state index in [0.717, 1.165) is 29.2 Å². The van der Waals surface area contributed by atoms with Crippen LogP contribution in [0.5, 0.6) is 0 Å². The summed E-state index contributed by atoms with van der Waals surface area (Å²) in [6.07, 6.45) is 0. The first kappa shape index (κ1) is 11.5. The number of amidine groups is 1. The van der Waals surface area contributed by atoms with Gasteiger partial charge in [-0.15, -0.1) is 0 Å². The van der Waals surface area contributed by atoms with Gasteiger partial charge in [-0.25, -0.2) is 0 Å². The largest absolute Gasteiger partial charge is 0.384 e. The third-order valence-electron chi connectivity index (χ3n) is 2.46. The summed E-state index contributed by atoms with van der Waals surface area (Å²) in [4.78, 5) is 6.39. The number of hydrogen-bond acceptors (Lipinski definition) is 3. The van der Waals surface area contributed by atoms with Crippen LogP contribution in [0.4, 0.5) is 5.69 Å². The molecular formula is C11H18N4. The topological polar surface area (TPSA) is 66.0 Å². The minimum absolute atomic E-state index is 0.0790. The van der Waals surface area contributed by atoms with Crippen LogP contribution in [0.25, 0.3) is 0 Å². The second kappa shape index (κ2) is 4.29. The zero-order valence-electron chi connectivity index (χ0n) is 9.76. The summed E-state index contributed by atoms with van der Waals surface area (Å²) in [6.45, 7) is 6.78. The Labute approximate surface area is 90.6 Å². The van der Waals surface area contributed by atoms with Crippen LogP contribution in [-0.2, 0) is 0 Å². The lowest BCUT2D eigenvalue weighted by atomic mass is 10.1. The van der Waals surface area contributed by atoms with E-state index in [2.05, 4.69) is 16.8 Å². The maximum atomic E-state index is 7.57. The number of rotatable bonds is 3. The molecule has 82 valence electrons. The Hall–Kier alpha value is -1.58. The molecule has 0 fully saturated rings. The summed E-state index contributed by atoms with van der Waals surface area (Å²) in [5.74, 6) is 0.0790. The van der Waals surface area contributed by atoms with Crippen molar-refractivity contribution in [3.05, 3.63) is 23.0 Å². The molecule has 0 spiro atoms. The highest BCUT2D eigenvalue weighted by Crippen LogP contribution is 2.22. The number of pyridine rings is 1. The van der Waals surface area contributed by atoms with E-state index in [9.17, 15) is 0 Å². The van der Waals surface area contributed by atoms with Gasteiger partial charge in [-0.05, 0) is 26.8 Å². The highest BCUT2D eigenvalue weighted by Gasteiger charge is 2.13. The first-order valence-corrected chi connectivity index (χ1v) is 5.01. The lowest BCUT2D eigenvalue weighted by Gasteiger charge is -2.21. The van der Waals surface area contributed by atoms with Gasteiger partial charge in [0.25, 0.3) is 0 Å². The van der Waals surface area contributed by atoms with Crippen molar-refractivity contribution in [1.82, 2.24) is 4.98 Å². The van der Waals surface area contributed by atoms with E-state index >= 15 is 0 Å². The van der Waals surface area contributed by atoms with E-state index in [4.69, 9.17) is 11.1 Å². The number of nitrogens with two attached hydrogens (primary N) is 1. The van der Waals surface area contributed by atoms with Crippen LogP contribution in [0.15, 0.2) is 6.07 Å². The van der Waals surface area contributed by atoms with Crippen molar-refractivity contribution in [2.45, 2.75) is 20.8 Å². The lowest BCUT2D eigenvalue weighted by Crippen LogP contribution is -2.23. The molecular weight excluding hydrogens is 188 g/mol. The van der Waals surface area contributed by atoms with Crippen LogP contribution in [-0.4, -0.2) is 24.4 Å². The summed E-state index contributed by atoms with van der Waals surface area (Å²) in [7, 11) is 1.99. The smallest absolute Gasteiger partial charge is 0.126 e. The van der Waals surface area contributed by atoms with E-state index in [1.165, 1.54) is 0 Å². The van der Waals surface area contributed by atoms with E-state index in [0.29, 0.717) is 0 Å². The monoisotopic (exact) mass is 206 g/mol. The van der Waals surface area contributed by atoms with Gasteiger partial charge in [-0.2, -0.15) is 0 Å². The normalized spacial score (nSPS) is 10.1. The Balaban J connectivity index is 3.39. The van der Waals surface area contributed by atoms with Crippen LogP contribution in [0.3, 0.4) is 0 Å². The van der Waals surface area contributed by atoms with Crippen molar-refractivity contribution in [3.8, 4) is 0 Å². The molecule has 0 saturated carbocycles. The predicted octanol–water partition coefficient (Wildman–Crippen LogP) is 1.44. The van der Waals surface area contributed by atoms with Crippen molar-refractivity contribution in [2.24, 2.45) is 5.73 Å². The van der Waals surface area contributed by atoms with Crippen LogP contribution in [0.1, 0.15) is 23.9 Å². The summed E-state index contributed by atoms with van der Waals surface area (Å²) in [5.41, 5.74) is 9.07. The molecule has 3 N–H and O–H groups in total. The van der Waals surface area contributed by atoms with Gasteiger partial charge in [0.1, 0.15) is 5.84 Å². The molecule has 1 rings (SSSR count). The number of hydrogen-bond donors (Lipinski definition) is 2. The lowest BCUT2D eigenvalue weighted by molar-refractivity contribution is 0.951. The molecule has 0 atom stereocenters. The molecule has 1 aromatic rings. The standard InChI is InChI=1S/C11H18N4/c1-5-15(4)9-6-7(2)14-8(3)10(9)11(12)13/h6H,5H2,1-4H3,(H3,12,13). The molecule has 0 radical (unpaired) electrons. The number of anilines is 1. The molecule has 0 aliphatic carbocycles. The van der Waals surface area contributed by atoms with E-state index in [1.807, 2.05) is 27.0 Å². The molecule has 0 aliphatic heterocycles. The van der Waals surface area contributed by atoms with Crippen LogP contribution in [0.2, 0.25) is 0 Å². The maximum Gasteiger partial charge on any atom is 0.126 e. The third kappa shape index (κ3) is 2.26. The Morgan fingerprint density at radius 3 is 2.60 bits per heavy atom. The van der Waals surface area contributed by atoms with Gasteiger partial charge >= 0.3 is 0 Å². The third-order valence-corrected chi connectivity index (χ3v) is 2.46. The average Bonchev–Trinajstić information content (AvgIpc) is 2.14. The quantitative estimate of drug-likeness (QED) is 0.581.